The van der Waals surface area contributed by atoms with Crippen LogP contribution in [0.25, 0.3) is 0 Å². The lowest BCUT2D eigenvalue weighted by atomic mass is 9.40. The summed E-state index contributed by atoms with van der Waals surface area (Å²) in [6.45, 7) is 38.4. The van der Waals surface area contributed by atoms with Gasteiger partial charge in [0.2, 0.25) is 6.10 Å². The van der Waals surface area contributed by atoms with Crippen LogP contribution in [0.4, 0.5) is 0 Å². The molecular formula is C105H141B3N3O30. The van der Waals surface area contributed by atoms with E-state index in [2.05, 4.69) is 15.7 Å². The van der Waals surface area contributed by atoms with Gasteiger partial charge in [-0.25, -0.2) is 14.4 Å². The van der Waals surface area contributed by atoms with Gasteiger partial charge in [0.15, 0.2) is 35.7 Å². The van der Waals surface area contributed by atoms with Crippen LogP contribution in [0.3, 0.4) is 0 Å². The molecule has 3 saturated heterocycles. The normalized spacial score (nSPS) is 38.7. The molecule has 12 N–H and O–H groups in total. The maximum Gasteiger partial charge on any atom is 0.350 e. The van der Waals surface area contributed by atoms with E-state index >= 15 is 0 Å². The largest absolute Gasteiger partial charge is 0.461 e. The summed E-state index contributed by atoms with van der Waals surface area (Å²) in [7, 11) is 3.27. The zero-order valence-corrected chi connectivity index (χ0v) is 84.6. The number of fused-ring (bicyclic) bond motifs is 15. The van der Waals surface area contributed by atoms with Crippen LogP contribution in [-0.4, -0.2) is 268 Å². The molecule has 0 spiro atoms. The van der Waals surface area contributed by atoms with Gasteiger partial charge < -0.3 is 119 Å². The molecule has 33 nitrogen and oxygen atoms in total. The molecule has 765 valence electrons. The number of hydrogen-bond donors (Lipinski definition) is 12. The van der Waals surface area contributed by atoms with E-state index in [9.17, 15) is 103 Å². The molecule has 33 atom stereocenters. The van der Waals surface area contributed by atoms with Gasteiger partial charge in [0.1, 0.15) is 36.6 Å². The second kappa shape index (κ2) is 40.6. The second-order valence-corrected chi connectivity index (χ2v) is 44.3. The molecule has 0 aromatic heterocycles. The van der Waals surface area contributed by atoms with Crippen molar-refractivity contribution in [3.8, 4) is 0 Å². The molecule has 0 unspecified atom stereocenters. The predicted octanol–water partition coefficient (Wildman–Crippen LogP) is 6.63. The predicted molar refractivity (Wildman–Crippen MR) is 514 cm³/mol. The van der Waals surface area contributed by atoms with Gasteiger partial charge in [-0.3, -0.25) is 28.8 Å². The first-order chi connectivity index (χ1) is 66.0. The Kier molecular flexibility index (Phi) is 31.6. The van der Waals surface area contributed by atoms with Crippen molar-refractivity contribution in [1.82, 2.24) is 15.7 Å². The van der Waals surface area contributed by atoms with Crippen molar-refractivity contribution in [3.05, 3.63) is 141 Å². The van der Waals surface area contributed by atoms with E-state index < -0.39 is 246 Å². The molecule has 15 rings (SSSR count). The number of ketones is 3. The van der Waals surface area contributed by atoms with Crippen LogP contribution in [-0.2, 0) is 100 Å². The Hall–Kier alpha value is -8.69. The highest BCUT2D eigenvalue weighted by atomic mass is 16.6. The van der Waals surface area contributed by atoms with E-state index in [1.807, 2.05) is 41.5 Å². The number of Topliss-reactive ketones (excluding diaryl/α,β-unsaturated/α-hetero) is 3. The van der Waals surface area contributed by atoms with Gasteiger partial charge in [0, 0.05) is 90.3 Å². The summed E-state index contributed by atoms with van der Waals surface area (Å²) in [5.41, 5.74) is -10.6. The summed E-state index contributed by atoms with van der Waals surface area (Å²) in [6.07, 6.45) is -15.2. The fraction of sp³-hybridized carbons (Fsp3) is 0.657. The summed E-state index contributed by atoms with van der Waals surface area (Å²) in [6, 6.07) is 22.9. The SMILES string of the molecule is CCC(=O)O[C@@H](C(=O)O[C@H]1C[C@@]2(O)[C@@H](C)[C@@H]3[C@]4(C)CO[C@@H]4C[C@H](O)[C@@]3(C)C(=O)[C@H](O)C(=C1C)C2(C)C)[C@@H](N[B]C=O)c1ccccc1.CCC(=O)O[C@H]1C(=O)[C@@]2(C)[C@H]([C@H](C)[C@]3(O)C[C@H](OC(=O)[C@H](O)[C@@H](N[B]C=O)c4ccccc4)C(C)=C1C3(C)C)[C@]1(C)CO[C@@H]1C[C@@H]2O.CCC(=O)O[C@H]1C[C@H]2OC[C@@]2(C)[C@H]2[C@H](C)[C@]3(O)C[C@H](OC(=O)[C@H](O)[C@@H](N[B]C=O)c4ccccc4)C(C)=C([C@@H](O)C(=O)[C@]12C)C3(C)C. The average Bonchev–Trinajstić information content (AvgIpc) is 0.679. The zero-order chi connectivity index (χ0) is 104. The van der Waals surface area contributed by atoms with Crippen molar-refractivity contribution in [3.63, 3.8) is 0 Å². The Bertz CT molecular complexity index is 5370. The molecule has 141 heavy (non-hydrogen) atoms. The third-order valence-corrected chi connectivity index (χ3v) is 36.4. The standard InChI is InChI=1S/3C35H47BNO10/c1-8-24(40)47-28-25-18(2)21(46-31(43)27(41)26(37-36-17-38)20-12-10-9-11-13-20)15-35(44,32(25,4)5)19(3)29-33(6)16-45-23(33)14-22(39)34(29,7)30(28)42;1-8-24(40)47-28(26(37-36-17-38)20-12-10-9-11-13-20)31(43)46-21-15-35(44)19(3)29-33(6)16-45-23(33)14-22(39)34(29,7)30(42)27(41)25(18(21)2)32(35,4)5;1-8-24(39)47-23-14-22-33(6,16-45-22)29-19(3)35(44)15-21(18(2)25(32(35,4)5)27(40)30(42)34(23,29)7)46-31(43)28(41)26(37-36-17-38)20-12-10-9-11-13-20/h2*9-13,17,19,21-23,26-29,37,39,41,44H,8,14-16H2,1-7H3;9-13,17,19,21-23,26-29,37,40-41,44H,8,14-16H2,1-7H3/t2*19-,21-,22-,23+,26-,27+,28+,29+,33+,34+,35+;19-,21-,22+,23-,26-,27+,28+,29+,33+,34+,35+/m000/s1. The third-order valence-electron chi connectivity index (χ3n) is 36.4. The molecule has 36 heteroatoms. The number of esters is 6. The molecule has 6 saturated carbocycles. The van der Waals surface area contributed by atoms with E-state index in [1.54, 1.807) is 195 Å². The molecule has 9 fully saturated rings. The molecular weight excluding hydrogens is 1820 g/mol. The molecule has 3 aromatic rings. The number of hydrogen-bond acceptors (Lipinski definition) is 33. The van der Waals surface area contributed by atoms with Gasteiger partial charge in [-0.2, -0.15) is 0 Å². The fourth-order valence-corrected chi connectivity index (χ4v) is 28.3. The minimum atomic E-state index is -1.75. The van der Waals surface area contributed by atoms with Crippen molar-refractivity contribution in [2.75, 3.05) is 19.8 Å². The number of rotatable bonds is 27. The van der Waals surface area contributed by atoms with Crippen molar-refractivity contribution < 1.29 is 146 Å². The fourth-order valence-electron chi connectivity index (χ4n) is 28.3. The lowest BCUT2D eigenvalue weighted by Crippen LogP contribution is -2.75. The number of aliphatic hydroxyl groups excluding tert-OH is 6. The Balaban J connectivity index is 0.000000178. The molecule has 6 bridgehead atoms. The Labute approximate surface area is 826 Å². The number of carbonyl (C=O) groups excluding carboxylic acids is 12. The van der Waals surface area contributed by atoms with Crippen LogP contribution in [0.5, 0.6) is 0 Å². The molecule has 3 aromatic carbocycles. The highest BCUT2D eigenvalue weighted by molar-refractivity contribution is 6.65. The first kappa shape index (κ1) is 110. The maximum atomic E-state index is 14.9. The van der Waals surface area contributed by atoms with E-state index in [-0.39, 0.29) is 87.2 Å². The molecule has 3 aliphatic heterocycles. The zero-order valence-electron chi connectivity index (χ0n) is 84.6. The lowest BCUT2D eigenvalue weighted by molar-refractivity contribution is -0.304. The van der Waals surface area contributed by atoms with Crippen molar-refractivity contribution >= 4 is 94.0 Å². The smallest absolute Gasteiger partial charge is 0.350 e. The second-order valence-electron chi connectivity index (χ2n) is 44.3. The summed E-state index contributed by atoms with van der Waals surface area (Å²) < 4.78 is 53.2. The molecule has 3 heterocycles. The first-order valence-corrected chi connectivity index (χ1v) is 49.3. The van der Waals surface area contributed by atoms with E-state index in [0.717, 1.165) is 22.2 Å². The topological polar surface area (TPSA) is 506 Å². The van der Waals surface area contributed by atoms with Gasteiger partial charge in [0.05, 0.1) is 120 Å². The van der Waals surface area contributed by atoms with E-state index in [0.29, 0.717) is 77.4 Å². The number of aliphatic hydroxyl groups is 9. The maximum absolute atomic E-state index is 14.9. The molecule has 3 radical (unpaired) electrons. The van der Waals surface area contributed by atoms with Crippen LogP contribution in [0, 0.1) is 84.2 Å². The molecule has 12 aliphatic rings. The van der Waals surface area contributed by atoms with Crippen molar-refractivity contribution in [2.45, 2.75) is 330 Å². The Morgan fingerprint density at radius 1 is 0.418 bits per heavy atom. The van der Waals surface area contributed by atoms with Crippen LogP contribution in [0.2, 0.25) is 0 Å². The molecule has 9 aliphatic carbocycles. The number of carbonyl (C=O) groups is 12. The minimum absolute atomic E-state index is 0.0101. The van der Waals surface area contributed by atoms with E-state index in [1.165, 1.54) is 0 Å². The summed E-state index contributed by atoms with van der Waals surface area (Å²) in [5.74, 6) is -9.88. The number of ether oxygens (including phenoxy) is 9. The molecule has 0 amide bonds. The monoisotopic (exact) mass is 1960 g/mol. The van der Waals surface area contributed by atoms with Crippen molar-refractivity contribution in [1.29, 1.82) is 0 Å². The quantitative estimate of drug-likeness (QED) is 0.0125. The van der Waals surface area contributed by atoms with Gasteiger partial charge >= 0.3 is 35.8 Å². The summed E-state index contributed by atoms with van der Waals surface area (Å²) >= 11 is 0. The van der Waals surface area contributed by atoms with Crippen LogP contribution in [0.1, 0.15) is 238 Å². The van der Waals surface area contributed by atoms with Crippen LogP contribution >= 0.6 is 0 Å². The van der Waals surface area contributed by atoms with Gasteiger partial charge in [-0.1, -0.05) is 195 Å². The Morgan fingerprint density at radius 3 is 1.07 bits per heavy atom. The van der Waals surface area contributed by atoms with Gasteiger partial charge in [0.25, 0.3) is 22.2 Å². The summed E-state index contributed by atoms with van der Waals surface area (Å²) in [4.78, 5) is 157. The third kappa shape index (κ3) is 17.8. The van der Waals surface area contributed by atoms with Crippen LogP contribution in [0.15, 0.2) is 124 Å². The first-order valence-electron chi connectivity index (χ1n) is 49.3. The summed E-state index contributed by atoms with van der Waals surface area (Å²) in [5, 5.41) is 117. The van der Waals surface area contributed by atoms with Gasteiger partial charge in [-0.05, 0) is 127 Å². The minimum Gasteiger partial charge on any atom is -0.461 e. The van der Waals surface area contributed by atoms with Crippen molar-refractivity contribution in [2.24, 2.45) is 84.2 Å². The Morgan fingerprint density at radius 2 is 0.723 bits per heavy atom. The lowest BCUT2D eigenvalue weighted by Gasteiger charge is -2.68. The number of nitrogens with one attached hydrogen (secondary N) is 3. The average molecular weight is 1960 g/mol. The van der Waals surface area contributed by atoms with Crippen LogP contribution < -0.4 is 15.7 Å². The van der Waals surface area contributed by atoms with Gasteiger partial charge in [-0.15, -0.1) is 0 Å². The highest BCUT2D eigenvalue weighted by Gasteiger charge is 2.78. The number of benzene rings is 3. The highest BCUT2D eigenvalue weighted by Crippen LogP contribution is 2.72. The van der Waals surface area contributed by atoms with E-state index in [4.69, 9.17) is 42.6 Å².